The minimum Gasteiger partial charge on any atom is -0.369 e. The van der Waals surface area contributed by atoms with E-state index in [0.29, 0.717) is 12.5 Å². The summed E-state index contributed by atoms with van der Waals surface area (Å²) in [5.74, 6) is -0.261. The fourth-order valence-corrected chi connectivity index (χ4v) is 4.92. The minimum absolute atomic E-state index is 0.0698. The van der Waals surface area contributed by atoms with Gasteiger partial charge in [0.2, 0.25) is 11.8 Å². The van der Waals surface area contributed by atoms with E-state index in [4.69, 9.17) is 5.73 Å². The largest absolute Gasteiger partial charge is 0.369 e. The van der Waals surface area contributed by atoms with E-state index in [-0.39, 0.29) is 30.9 Å². The molecule has 0 spiro atoms. The van der Waals surface area contributed by atoms with E-state index in [2.05, 4.69) is 5.32 Å². The van der Waals surface area contributed by atoms with Crippen LogP contribution in [-0.4, -0.2) is 36.3 Å². The molecule has 7 heteroatoms. The normalized spacial score (nSPS) is 15.8. The molecule has 30 heavy (non-hydrogen) atoms. The lowest BCUT2D eigenvalue weighted by Crippen LogP contribution is -2.43. The Hall–Kier alpha value is -2.25. The standard InChI is InChI=1S/C23H30FN3O2S/c24-19-10-8-18(9-11-19)23(20-7-4-14-30-20)26-22(29)16-27(15-21(25)28)13-12-17-5-2-1-3-6-17/h4,7-11,14,17,23H,1-3,5-6,12-13,15-16H2,(H2,25,28)(H,26,29). The van der Waals surface area contributed by atoms with E-state index in [1.807, 2.05) is 22.4 Å². The molecule has 1 aliphatic carbocycles. The number of carbonyl (C=O) groups excluding carboxylic acids is 2. The fraction of sp³-hybridized carbons (Fsp3) is 0.478. The molecule has 2 amide bonds. The Morgan fingerprint density at radius 2 is 1.87 bits per heavy atom. The number of amides is 2. The molecule has 1 fully saturated rings. The lowest BCUT2D eigenvalue weighted by molar-refractivity contribution is -0.124. The molecule has 1 aromatic heterocycles. The summed E-state index contributed by atoms with van der Waals surface area (Å²) in [6, 6.07) is 9.67. The van der Waals surface area contributed by atoms with Crippen molar-refractivity contribution >= 4 is 23.2 Å². The molecule has 1 heterocycles. The van der Waals surface area contributed by atoms with Crippen LogP contribution in [0, 0.1) is 11.7 Å². The van der Waals surface area contributed by atoms with E-state index in [9.17, 15) is 14.0 Å². The van der Waals surface area contributed by atoms with Crippen molar-refractivity contribution in [1.29, 1.82) is 0 Å². The Balaban J connectivity index is 1.63. The number of nitrogens with two attached hydrogens (primary N) is 1. The molecule has 3 N–H and O–H groups in total. The van der Waals surface area contributed by atoms with E-state index in [1.165, 1.54) is 55.6 Å². The van der Waals surface area contributed by atoms with Crippen molar-refractivity contribution < 1.29 is 14.0 Å². The van der Waals surface area contributed by atoms with Crippen LogP contribution in [0.2, 0.25) is 0 Å². The van der Waals surface area contributed by atoms with Crippen LogP contribution in [0.3, 0.4) is 0 Å². The van der Waals surface area contributed by atoms with Gasteiger partial charge in [0.1, 0.15) is 5.82 Å². The molecule has 5 nitrogen and oxygen atoms in total. The SMILES string of the molecule is NC(=O)CN(CCC1CCCCC1)CC(=O)NC(c1ccc(F)cc1)c1cccs1. The van der Waals surface area contributed by atoms with E-state index in [1.54, 1.807) is 12.1 Å². The first kappa shape index (κ1) is 22.4. The quantitative estimate of drug-likeness (QED) is 0.600. The Labute approximate surface area is 181 Å². The Kier molecular flexibility index (Phi) is 8.39. The van der Waals surface area contributed by atoms with Gasteiger partial charge in [-0.15, -0.1) is 11.3 Å². The highest BCUT2D eigenvalue weighted by atomic mass is 32.1. The van der Waals surface area contributed by atoms with Gasteiger partial charge in [-0.25, -0.2) is 4.39 Å². The lowest BCUT2D eigenvalue weighted by Gasteiger charge is -2.26. The van der Waals surface area contributed by atoms with Crippen LogP contribution >= 0.6 is 11.3 Å². The average Bonchev–Trinajstić information content (AvgIpc) is 3.26. The van der Waals surface area contributed by atoms with Crippen molar-refractivity contribution in [3.63, 3.8) is 0 Å². The predicted octanol–water partition coefficient (Wildman–Crippen LogP) is 3.85. The Morgan fingerprint density at radius 3 is 2.50 bits per heavy atom. The third-order valence-electron chi connectivity index (χ3n) is 5.66. The summed E-state index contributed by atoms with van der Waals surface area (Å²) in [5.41, 5.74) is 6.23. The highest BCUT2D eigenvalue weighted by Gasteiger charge is 2.21. The van der Waals surface area contributed by atoms with Gasteiger partial charge >= 0.3 is 0 Å². The molecule has 1 unspecified atom stereocenters. The number of rotatable bonds is 10. The summed E-state index contributed by atoms with van der Waals surface area (Å²) >= 11 is 1.53. The van der Waals surface area contributed by atoms with Crippen molar-refractivity contribution in [2.24, 2.45) is 11.7 Å². The maximum Gasteiger partial charge on any atom is 0.234 e. The van der Waals surface area contributed by atoms with Crippen molar-refractivity contribution in [3.8, 4) is 0 Å². The molecular formula is C23H30FN3O2S. The van der Waals surface area contributed by atoms with Crippen LogP contribution in [0.25, 0.3) is 0 Å². The van der Waals surface area contributed by atoms with Gasteiger partial charge in [0.05, 0.1) is 19.1 Å². The van der Waals surface area contributed by atoms with Gasteiger partial charge in [0.15, 0.2) is 0 Å². The van der Waals surface area contributed by atoms with E-state index >= 15 is 0 Å². The van der Waals surface area contributed by atoms with Gasteiger partial charge in [-0.05, 0) is 48.0 Å². The van der Waals surface area contributed by atoms with Crippen LogP contribution in [0.15, 0.2) is 41.8 Å². The molecule has 3 rings (SSSR count). The second-order valence-corrected chi connectivity index (χ2v) is 9.02. The zero-order chi connectivity index (χ0) is 21.3. The summed E-state index contributed by atoms with van der Waals surface area (Å²) in [4.78, 5) is 27.2. The van der Waals surface area contributed by atoms with Crippen LogP contribution < -0.4 is 11.1 Å². The first-order chi connectivity index (χ1) is 14.5. The summed E-state index contributed by atoms with van der Waals surface area (Å²) in [7, 11) is 0. The second-order valence-electron chi connectivity index (χ2n) is 8.04. The molecule has 0 radical (unpaired) electrons. The number of halogens is 1. The Morgan fingerprint density at radius 1 is 1.13 bits per heavy atom. The molecule has 2 aromatic rings. The van der Waals surface area contributed by atoms with Crippen LogP contribution in [0.1, 0.15) is 55.0 Å². The molecule has 0 bridgehead atoms. The fourth-order valence-electron chi connectivity index (χ4n) is 4.11. The number of nitrogens with zero attached hydrogens (tertiary/aromatic N) is 1. The van der Waals surface area contributed by atoms with Crippen molar-refractivity contribution in [2.75, 3.05) is 19.6 Å². The maximum atomic E-state index is 13.4. The number of benzene rings is 1. The third kappa shape index (κ3) is 6.92. The van der Waals surface area contributed by atoms with E-state index < -0.39 is 5.91 Å². The van der Waals surface area contributed by atoms with Crippen LogP contribution in [0.5, 0.6) is 0 Å². The number of primary amides is 1. The highest BCUT2D eigenvalue weighted by Crippen LogP contribution is 2.27. The molecule has 1 aliphatic rings. The zero-order valence-electron chi connectivity index (χ0n) is 17.2. The zero-order valence-corrected chi connectivity index (χ0v) is 18.0. The van der Waals surface area contributed by atoms with Crippen LogP contribution in [-0.2, 0) is 9.59 Å². The van der Waals surface area contributed by atoms with Gasteiger partial charge < -0.3 is 11.1 Å². The molecule has 162 valence electrons. The summed E-state index contributed by atoms with van der Waals surface area (Å²) in [6.45, 7) is 0.861. The minimum atomic E-state index is -0.431. The monoisotopic (exact) mass is 431 g/mol. The first-order valence-corrected chi connectivity index (χ1v) is 11.5. The summed E-state index contributed by atoms with van der Waals surface area (Å²) in [6.07, 6.45) is 7.26. The molecule has 1 aromatic carbocycles. The topological polar surface area (TPSA) is 75.4 Å². The summed E-state index contributed by atoms with van der Waals surface area (Å²) < 4.78 is 13.4. The summed E-state index contributed by atoms with van der Waals surface area (Å²) in [5, 5.41) is 5.00. The number of thiophene rings is 1. The van der Waals surface area contributed by atoms with Gasteiger partial charge in [-0.1, -0.05) is 50.3 Å². The lowest BCUT2D eigenvalue weighted by atomic mass is 9.87. The van der Waals surface area contributed by atoms with Gasteiger partial charge in [-0.2, -0.15) is 0 Å². The van der Waals surface area contributed by atoms with Crippen molar-refractivity contribution in [1.82, 2.24) is 10.2 Å². The number of hydrogen-bond donors (Lipinski definition) is 2. The number of hydrogen-bond acceptors (Lipinski definition) is 4. The van der Waals surface area contributed by atoms with E-state index in [0.717, 1.165) is 16.9 Å². The second kappa shape index (κ2) is 11.2. The predicted molar refractivity (Wildman–Crippen MR) is 118 cm³/mol. The highest BCUT2D eigenvalue weighted by molar-refractivity contribution is 7.10. The van der Waals surface area contributed by atoms with Gasteiger partial charge in [0, 0.05) is 4.88 Å². The smallest absolute Gasteiger partial charge is 0.234 e. The average molecular weight is 432 g/mol. The number of nitrogens with one attached hydrogen (secondary N) is 1. The van der Waals surface area contributed by atoms with Crippen molar-refractivity contribution in [2.45, 2.75) is 44.6 Å². The Bertz CT molecular complexity index is 804. The molecular weight excluding hydrogens is 401 g/mol. The third-order valence-corrected chi connectivity index (χ3v) is 6.60. The number of carbonyl (C=O) groups is 2. The van der Waals surface area contributed by atoms with Gasteiger partial charge in [0.25, 0.3) is 0 Å². The van der Waals surface area contributed by atoms with Gasteiger partial charge in [-0.3, -0.25) is 14.5 Å². The van der Waals surface area contributed by atoms with Crippen molar-refractivity contribution in [3.05, 3.63) is 58.0 Å². The molecule has 0 aliphatic heterocycles. The maximum absolute atomic E-state index is 13.4. The first-order valence-electron chi connectivity index (χ1n) is 10.6. The molecule has 1 saturated carbocycles. The molecule has 1 atom stereocenters. The van der Waals surface area contributed by atoms with Crippen LogP contribution in [0.4, 0.5) is 4.39 Å². The molecule has 0 saturated heterocycles.